The van der Waals surface area contributed by atoms with Gasteiger partial charge in [-0.3, -0.25) is 10.4 Å². The van der Waals surface area contributed by atoms with Crippen molar-refractivity contribution in [1.29, 1.82) is 5.41 Å². The van der Waals surface area contributed by atoms with E-state index in [9.17, 15) is 30.9 Å². The normalized spacial score (nSPS) is 12.5. The number of thiophene rings is 1. The molecule has 0 fully saturated rings. The van der Waals surface area contributed by atoms with Gasteiger partial charge in [0.05, 0.1) is 16.6 Å². The van der Waals surface area contributed by atoms with E-state index in [0.717, 1.165) is 42.5 Å². The third-order valence-corrected chi connectivity index (χ3v) is 11.4. The topological polar surface area (TPSA) is 154 Å². The van der Waals surface area contributed by atoms with Gasteiger partial charge in [0.1, 0.15) is 12.0 Å². The molecule has 56 heavy (non-hydrogen) atoms. The van der Waals surface area contributed by atoms with Crippen LogP contribution in [0.3, 0.4) is 0 Å². The number of nitrogens with one attached hydrogen (secondary N) is 2. The number of phenols is 5. The lowest BCUT2D eigenvalue weighted by Crippen LogP contribution is -2.28. The molecule has 10 heteroatoms. The van der Waals surface area contributed by atoms with Gasteiger partial charge in [-0.15, -0.1) is 11.3 Å². The van der Waals surface area contributed by atoms with Gasteiger partial charge in [0, 0.05) is 47.9 Å². The van der Waals surface area contributed by atoms with Crippen LogP contribution in [0.1, 0.15) is 29.8 Å². The number of fused-ring (bicyclic) bond motifs is 6. The van der Waals surface area contributed by atoms with Gasteiger partial charge in [-0.05, 0) is 78.2 Å². The fourth-order valence-corrected chi connectivity index (χ4v) is 8.50. The maximum Gasteiger partial charge on any atom is 0.208 e. The van der Waals surface area contributed by atoms with Crippen molar-refractivity contribution in [3.05, 3.63) is 156 Å². The van der Waals surface area contributed by atoms with Crippen LogP contribution in [0.5, 0.6) is 28.7 Å². The molecule has 0 radical (unpaired) electrons. The van der Waals surface area contributed by atoms with Crippen molar-refractivity contribution >= 4 is 64.9 Å². The molecule has 2 heterocycles. The smallest absolute Gasteiger partial charge is 0.208 e. The largest absolute Gasteiger partial charge is 0.504 e. The predicted octanol–water partition coefficient (Wildman–Crippen LogP) is 10.5. The van der Waals surface area contributed by atoms with Gasteiger partial charge >= 0.3 is 0 Å². The van der Waals surface area contributed by atoms with Crippen LogP contribution in [-0.2, 0) is 0 Å². The van der Waals surface area contributed by atoms with Crippen molar-refractivity contribution in [3.63, 3.8) is 0 Å². The maximum absolute atomic E-state index is 10.6. The SMILES string of the molecule is C/C(=N\C(NC(=N)c1ccc2sc3ccc(-n4c5ccccc5c5ccccc54)cc3c2c1)c1ccccc1)c1cccc(-c2c(O)c(O)c(O)c(O)c2O)c1. The Labute approximate surface area is 324 Å². The van der Waals surface area contributed by atoms with Gasteiger partial charge in [0.25, 0.3) is 0 Å². The highest BCUT2D eigenvalue weighted by Crippen LogP contribution is 2.54. The van der Waals surface area contributed by atoms with Crippen LogP contribution in [-0.4, -0.2) is 41.6 Å². The quantitative estimate of drug-likeness (QED) is 0.0372. The van der Waals surface area contributed by atoms with Gasteiger partial charge in [0.2, 0.25) is 17.2 Å². The number of nitrogens with zero attached hydrogens (tertiary/aromatic N) is 2. The highest BCUT2D eigenvalue weighted by atomic mass is 32.1. The molecule has 7 N–H and O–H groups in total. The number of hydrogen-bond donors (Lipinski definition) is 7. The average Bonchev–Trinajstić information content (AvgIpc) is 3.77. The third-order valence-electron chi connectivity index (χ3n) is 10.2. The van der Waals surface area contributed by atoms with E-state index in [1.807, 2.05) is 43.3 Å². The summed E-state index contributed by atoms with van der Waals surface area (Å²) < 4.78 is 4.59. The van der Waals surface area contributed by atoms with E-state index in [-0.39, 0.29) is 17.0 Å². The van der Waals surface area contributed by atoms with E-state index in [4.69, 9.17) is 4.99 Å². The Balaban J connectivity index is 1.07. The molecule has 0 aliphatic carbocycles. The Kier molecular flexibility index (Phi) is 8.32. The number of rotatable bonds is 7. The lowest BCUT2D eigenvalue weighted by Gasteiger charge is -2.19. The number of benzene rings is 7. The van der Waals surface area contributed by atoms with Crippen LogP contribution in [0.4, 0.5) is 0 Å². The number of aliphatic imine (C=N–C) groups is 1. The summed E-state index contributed by atoms with van der Waals surface area (Å²) in [6, 6.07) is 45.9. The second-order valence-corrected chi connectivity index (χ2v) is 14.7. The summed E-state index contributed by atoms with van der Waals surface area (Å²) in [4.78, 5) is 5.00. The third kappa shape index (κ3) is 5.71. The molecule has 1 atom stereocenters. The fourth-order valence-electron chi connectivity index (χ4n) is 7.43. The standard InChI is InChI=1S/C46H34N4O5S/c1-25(27-12-9-13-28(22-27)39-40(51)42(53)44(55)43(54)41(39)52)48-46(26-10-3-2-4-11-26)49-45(47)29-18-20-37-33(23-29)34-24-30(19-21-38(34)56-37)50-35-16-7-5-14-31(35)32-15-6-8-17-36(32)50/h2-24,46,51-55H,1H3,(H2,47,49)/b48-25+. The van der Waals surface area contributed by atoms with Gasteiger partial charge in [-0.25, -0.2) is 0 Å². The number of phenolic OH excluding ortho intramolecular Hbond substituents is 5. The highest BCUT2D eigenvalue weighted by Gasteiger charge is 2.25. The zero-order valence-corrected chi connectivity index (χ0v) is 30.7. The molecule has 0 saturated heterocycles. The fraction of sp³-hybridized carbons (Fsp3) is 0.0435. The van der Waals surface area contributed by atoms with Crippen LogP contribution >= 0.6 is 11.3 Å². The first-order valence-corrected chi connectivity index (χ1v) is 18.7. The van der Waals surface area contributed by atoms with E-state index < -0.39 is 34.9 Å². The molecular formula is C46H34N4O5S. The zero-order chi connectivity index (χ0) is 38.7. The molecule has 7 aromatic carbocycles. The first-order valence-electron chi connectivity index (χ1n) is 17.9. The number of para-hydroxylation sites is 2. The second-order valence-electron chi connectivity index (χ2n) is 13.6. The Morgan fingerprint density at radius 2 is 1.18 bits per heavy atom. The molecule has 9 rings (SSSR count). The summed E-state index contributed by atoms with van der Waals surface area (Å²) in [5.41, 5.74) is 6.10. The van der Waals surface area contributed by atoms with Gasteiger partial charge in [-0.2, -0.15) is 0 Å². The number of amidine groups is 1. The lowest BCUT2D eigenvalue weighted by molar-refractivity contribution is 0.330. The first kappa shape index (κ1) is 34.5. The predicted molar refractivity (Wildman–Crippen MR) is 225 cm³/mol. The van der Waals surface area contributed by atoms with E-state index in [1.165, 1.54) is 10.8 Å². The van der Waals surface area contributed by atoms with Crippen molar-refractivity contribution in [2.24, 2.45) is 4.99 Å². The molecule has 0 spiro atoms. The molecule has 1 unspecified atom stereocenters. The molecule has 274 valence electrons. The number of aromatic hydroxyl groups is 5. The molecule has 9 aromatic rings. The Bertz CT molecular complexity index is 2980. The molecule has 0 amide bonds. The minimum Gasteiger partial charge on any atom is -0.504 e. The van der Waals surface area contributed by atoms with Crippen LogP contribution in [0.15, 0.2) is 145 Å². The lowest BCUT2D eigenvalue weighted by atomic mass is 9.98. The van der Waals surface area contributed by atoms with E-state index >= 15 is 0 Å². The second kappa shape index (κ2) is 13.5. The minimum absolute atomic E-state index is 0.189. The Morgan fingerprint density at radius 3 is 1.86 bits per heavy atom. The first-order chi connectivity index (χ1) is 27.2. The van der Waals surface area contributed by atoms with Gasteiger partial charge < -0.3 is 35.4 Å². The van der Waals surface area contributed by atoms with E-state index in [2.05, 4.69) is 88.7 Å². The monoisotopic (exact) mass is 754 g/mol. The van der Waals surface area contributed by atoms with Crippen molar-refractivity contribution in [2.75, 3.05) is 0 Å². The van der Waals surface area contributed by atoms with Crippen molar-refractivity contribution in [3.8, 4) is 45.6 Å². The highest BCUT2D eigenvalue weighted by molar-refractivity contribution is 7.25. The van der Waals surface area contributed by atoms with Gasteiger partial charge in [0.15, 0.2) is 11.5 Å². The van der Waals surface area contributed by atoms with Crippen LogP contribution in [0.25, 0.3) is 58.8 Å². The zero-order valence-electron chi connectivity index (χ0n) is 29.9. The van der Waals surface area contributed by atoms with Crippen molar-refractivity contribution < 1.29 is 25.5 Å². The Morgan fingerprint density at radius 1 is 0.589 bits per heavy atom. The molecular weight excluding hydrogens is 721 g/mol. The van der Waals surface area contributed by atoms with Crippen molar-refractivity contribution in [2.45, 2.75) is 13.1 Å². The molecule has 0 saturated carbocycles. The summed E-state index contributed by atoms with van der Waals surface area (Å²) in [5.74, 6) is -4.29. The van der Waals surface area contributed by atoms with E-state index in [0.29, 0.717) is 16.8 Å². The van der Waals surface area contributed by atoms with Crippen LogP contribution in [0, 0.1) is 5.41 Å². The Hall–Kier alpha value is -7.30. The summed E-state index contributed by atoms with van der Waals surface area (Å²) in [7, 11) is 0. The molecule has 0 aliphatic rings. The van der Waals surface area contributed by atoms with Gasteiger partial charge in [-0.1, -0.05) is 84.9 Å². The number of aromatic nitrogens is 1. The van der Waals surface area contributed by atoms with E-state index in [1.54, 1.807) is 35.6 Å². The molecule has 0 bridgehead atoms. The van der Waals surface area contributed by atoms with Crippen LogP contribution in [0.2, 0.25) is 0 Å². The maximum atomic E-state index is 10.6. The average molecular weight is 755 g/mol. The molecule has 9 nitrogen and oxygen atoms in total. The summed E-state index contributed by atoms with van der Waals surface area (Å²) in [6.45, 7) is 1.81. The number of hydrogen-bond acceptors (Lipinski definition) is 8. The summed E-state index contributed by atoms with van der Waals surface area (Å²) in [6.07, 6.45) is -0.659. The molecule has 0 aliphatic heterocycles. The molecule has 2 aromatic heterocycles. The van der Waals surface area contributed by atoms with Crippen LogP contribution < -0.4 is 5.32 Å². The summed E-state index contributed by atoms with van der Waals surface area (Å²) in [5, 5.41) is 68.5. The summed E-state index contributed by atoms with van der Waals surface area (Å²) >= 11 is 1.72. The minimum atomic E-state index is -1.02. The van der Waals surface area contributed by atoms with Crippen molar-refractivity contribution in [1.82, 2.24) is 9.88 Å².